The highest BCUT2D eigenvalue weighted by Gasteiger charge is 2.21. The fraction of sp³-hybridized carbons (Fsp3) is 0.333. The van der Waals surface area contributed by atoms with E-state index in [0.29, 0.717) is 12.1 Å². The van der Waals surface area contributed by atoms with E-state index in [1.807, 2.05) is 4.90 Å². The SMILES string of the molecule is CNC(=O)CN1CCc2cc(C(=O)O)ccc21. The van der Waals surface area contributed by atoms with Crippen LogP contribution in [-0.2, 0) is 11.2 Å². The van der Waals surface area contributed by atoms with Crippen molar-refractivity contribution in [1.29, 1.82) is 0 Å². The number of carboxylic acid groups (broad SMARTS) is 1. The number of hydrogen-bond donors (Lipinski definition) is 2. The number of carbonyl (C=O) groups is 2. The molecule has 5 heteroatoms. The summed E-state index contributed by atoms with van der Waals surface area (Å²) in [4.78, 5) is 24.1. The molecule has 0 spiro atoms. The van der Waals surface area contributed by atoms with Crippen molar-refractivity contribution in [2.45, 2.75) is 6.42 Å². The first kappa shape index (κ1) is 11.4. The molecule has 2 N–H and O–H groups in total. The van der Waals surface area contributed by atoms with E-state index >= 15 is 0 Å². The Morgan fingerprint density at radius 2 is 2.24 bits per heavy atom. The number of carbonyl (C=O) groups excluding carboxylic acids is 1. The highest BCUT2D eigenvalue weighted by Crippen LogP contribution is 2.28. The molecule has 0 aliphatic carbocycles. The number of carboxylic acids is 1. The lowest BCUT2D eigenvalue weighted by Crippen LogP contribution is -2.34. The summed E-state index contributed by atoms with van der Waals surface area (Å²) in [5.41, 5.74) is 2.25. The maximum atomic E-state index is 11.3. The normalized spacial score (nSPS) is 13.4. The van der Waals surface area contributed by atoms with Crippen LogP contribution in [0.1, 0.15) is 15.9 Å². The lowest BCUT2D eigenvalue weighted by Gasteiger charge is -2.18. The lowest BCUT2D eigenvalue weighted by atomic mass is 10.1. The van der Waals surface area contributed by atoms with E-state index in [2.05, 4.69) is 5.32 Å². The Bertz CT molecular complexity index is 471. The summed E-state index contributed by atoms with van der Waals surface area (Å²) in [5.74, 6) is -0.960. The predicted molar refractivity (Wildman–Crippen MR) is 63.4 cm³/mol. The molecule has 0 saturated carbocycles. The van der Waals surface area contributed by atoms with Crippen LogP contribution in [0.25, 0.3) is 0 Å². The third kappa shape index (κ3) is 2.22. The van der Waals surface area contributed by atoms with Crippen LogP contribution in [0.4, 0.5) is 5.69 Å². The van der Waals surface area contributed by atoms with Gasteiger partial charge in [0.1, 0.15) is 0 Å². The maximum Gasteiger partial charge on any atom is 0.335 e. The number of amides is 1. The van der Waals surface area contributed by atoms with Gasteiger partial charge in [0.2, 0.25) is 5.91 Å². The second kappa shape index (κ2) is 4.45. The Hall–Kier alpha value is -2.04. The minimum Gasteiger partial charge on any atom is -0.478 e. The summed E-state index contributed by atoms with van der Waals surface area (Å²) < 4.78 is 0. The van der Waals surface area contributed by atoms with Crippen LogP contribution in [0.5, 0.6) is 0 Å². The Morgan fingerprint density at radius 3 is 2.88 bits per heavy atom. The molecule has 0 aromatic heterocycles. The van der Waals surface area contributed by atoms with Crippen molar-refractivity contribution in [2.24, 2.45) is 0 Å². The molecule has 0 bridgehead atoms. The van der Waals surface area contributed by atoms with E-state index in [-0.39, 0.29) is 5.91 Å². The van der Waals surface area contributed by atoms with Gasteiger partial charge in [-0.05, 0) is 30.2 Å². The van der Waals surface area contributed by atoms with Crippen LogP contribution >= 0.6 is 0 Å². The quantitative estimate of drug-likeness (QED) is 0.798. The number of likely N-dealkylation sites (N-methyl/N-ethyl adjacent to an activating group) is 1. The molecule has 17 heavy (non-hydrogen) atoms. The molecule has 0 radical (unpaired) electrons. The van der Waals surface area contributed by atoms with Crippen molar-refractivity contribution in [2.75, 3.05) is 25.0 Å². The van der Waals surface area contributed by atoms with E-state index in [0.717, 1.165) is 24.2 Å². The van der Waals surface area contributed by atoms with Crippen molar-refractivity contribution in [3.63, 3.8) is 0 Å². The molecule has 0 atom stereocenters. The number of hydrogen-bond acceptors (Lipinski definition) is 3. The number of benzene rings is 1. The molecule has 0 unspecified atom stereocenters. The molecule has 1 aliphatic rings. The molecule has 0 saturated heterocycles. The number of rotatable bonds is 3. The van der Waals surface area contributed by atoms with Gasteiger partial charge in [0.25, 0.3) is 0 Å². The summed E-state index contributed by atoms with van der Waals surface area (Å²) in [6.07, 6.45) is 0.785. The molecule has 1 amide bonds. The van der Waals surface area contributed by atoms with E-state index in [9.17, 15) is 9.59 Å². The van der Waals surface area contributed by atoms with Gasteiger partial charge in [-0.2, -0.15) is 0 Å². The summed E-state index contributed by atoms with van der Waals surface area (Å²) in [6, 6.07) is 5.03. The van der Waals surface area contributed by atoms with Crippen molar-refractivity contribution in [3.05, 3.63) is 29.3 Å². The van der Waals surface area contributed by atoms with Crippen LogP contribution in [0.3, 0.4) is 0 Å². The van der Waals surface area contributed by atoms with Crippen LogP contribution in [0.2, 0.25) is 0 Å². The Labute approximate surface area is 99.0 Å². The van der Waals surface area contributed by atoms with Crippen LogP contribution < -0.4 is 10.2 Å². The minimum atomic E-state index is -0.919. The number of nitrogens with one attached hydrogen (secondary N) is 1. The Morgan fingerprint density at radius 1 is 1.47 bits per heavy atom. The molecule has 1 aromatic rings. The molecule has 1 aromatic carbocycles. The standard InChI is InChI=1S/C12H14N2O3/c1-13-11(15)7-14-5-4-8-6-9(12(16)17)2-3-10(8)14/h2-3,6H,4-5,7H2,1H3,(H,13,15)(H,16,17). The van der Waals surface area contributed by atoms with Gasteiger partial charge < -0.3 is 15.3 Å². The summed E-state index contributed by atoms with van der Waals surface area (Å²) in [5, 5.41) is 11.5. The number of nitrogens with zero attached hydrogens (tertiary/aromatic N) is 1. The highest BCUT2D eigenvalue weighted by atomic mass is 16.4. The fourth-order valence-electron chi connectivity index (χ4n) is 2.02. The predicted octanol–water partition coefficient (Wildman–Crippen LogP) is 0.493. The third-order valence-electron chi connectivity index (χ3n) is 2.93. The minimum absolute atomic E-state index is 0.0415. The highest BCUT2D eigenvalue weighted by molar-refractivity contribution is 5.89. The smallest absolute Gasteiger partial charge is 0.335 e. The number of aromatic carboxylic acids is 1. The zero-order chi connectivity index (χ0) is 12.4. The van der Waals surface area contributed by atoms with Crippen molar-refractivity contribution < 1.29 is 14.7 Å². The average Bonchev–Trinajstić information content (AvgIpc) is 2.71. The van der Waals surface area contributed by atoms with Crippen molar-refractivity contribution in [3.8, 4) is 0 Å². The first-order valence-corrected chi connectivity index (χ1v) is 5.43. The van der Waals surface area contributed by atoms with Crippen molar-refractivity contribution in [1.82, 2.24) is 5.32 Å². The van der Waals surface area contributed by atoms with Gasteiger partial charge >= 0.3 is 5.97 Å². The molecule has 0 fully saturated rings. The van der Waals surface area contributed by atoms with Gasteiger partial charge in [0.05, 0.1) is 12.1 Å². The molecule has 1 aliphatic heterocycles. The van der Waals surface area contributed by atoms with E-state index < -0.39 is 5.97 Å². The Kier molecular flexibility index (Phi) is 2.99. The van der Waals surface area contributed by atoms with Gasteiger partial charge in [0, 0.05) is 19.3 Å². The fourth-order valence-corrected chi connectivity index (χ4v) is 2.02. The van der Waals surface area contributed by atoms with Crippen LogP contribution in [0.15, 0.2) is 18.2 Å². The van der Waals surface area contributed by atoms with E-state index in [1.165, 1.54) is 0 Å². The second-order valence-electron chi connectivity index (χ2n) is 3.99. The first-order valence-electron chi connectivity index (χ1n) is 5.43. The summed E-state index contributed by atoms with van der Waals surface area (Å²) in [6.45, 7) is 1.07. The molecule has 2 rings (SSSR count). The molecular formula is C12H14N2O3. The average molecular weight is 234 g/mol. The molecular weight excluding hydrogens is 220 g/mol. The zero-order valence-electron chi connectivity index (χ0n) is 9.56. The molecule has 90 valence electrons. The van der Waals surface area contributed by atoms with Gasteiger partial charge in [0.15, 0.2) is 0 Å². The van der Waals surface area contributed by atoms with E-state index in [1.54, 1.807) is 25.2 Å². The summed E-state index contributed by atoms with van der Waals surface area (Å²) >= 11 is 0. The second-order valence-corrected chi connectivity index (χ2v) is 3.99. The third-order valence-corrected chi connectivity index (χ3v) is 2.93. The van der Waals surface area contributed by atoms with Crippen LogP contribution in [-0.4, -0.2) is 37.1 Å². The zero-order valence-corrected chi connectivity index (χ0v) is 9.56. The largest absolute Gasteiger partial charge is 0.478 e. The van der Waals surface area contributed by atoms with Gasteiger partial charge in [-0.1, -0.05) is 0 Å². The monoisotopic (exact) mass is 234 g/mol. The Balaban J connectivity index is 2.21. The maximum absolute atomic E-state index is 11.3. The number of fused-ring (bicyclic) bond motifs is 1. The van der Waals surface area contributed by atoms with Crippen LogP contribution in [0, 0.1) is 0 Å². The van der Waals surface area contributed by atoms with Gasteiger partial charge in [-0.15, -0.1) is 0 Å². The molecule has 1 heterocycles. The summed E-state index contributed by atoms with van der Waals surface area (Å²) in [7, 11) is 1.60. The lowest BCUT2D eigenvalue weighted by molar-refractivity contribution is -0.119. The van der Waals surface area contributed by atoms with Crippen molar-refractivity contribution >= 4 is 17.6 Å². The first-order chi connectivity index (χ1) is 8.11. The topological polar surface area (TPSA) is 69.6 Å². The van der Waals surface area contributed by atoms with E-state index in [4.69, 9.17) is 5.11 Å². The number of anilines is 1. The molecule has 5 nitrogen and oxygen atoms in total. The van der Waals surface area contributed by atoms with Gasteiger partial charge in [-0.3, -0.25) is 4.79 Å². The van der Waals surface area contributed by atoms with Gasteiger partial charge in [-0.25, -0.2) is 4.79 Å².